The van der Waals surface area contributed by atoms with Crippen molar-refractivity contribution in [3.05, 3.63) is 39.8 Å². The number of hydrogen-bond donors (Lipinski definition) is 2. The lowest BCUT2D eigenvalue weighted by atomic mass is 9.78. The molecule has 1 aliphatic carbocycles. The molecule has 1 heterocycles. The number of benzene rings is 1. The molecular weight excluding hydrogens is 340 g/mol. The van der Waals surface area contributed by atoms with Crippen LogP contribution in [-0.2, 0) is 4.74 Å². The molecule has 1 aromatic heterocycles. The fourth-order valence-electron chi connectivity index (χ4n) is 3.56. The van der Waals surface area contributed by atoms with Gasteiger partial charge in [-0.3, -0.25) is 4.79 Å². The summed E-state index contributed by atoms with van der Waals surface area (Å²) in [5.74, 6) is 0.633. The van der Waals surface area contributed by atoms with Gasteiger partial charge in [0.1, 0.15) is 5.75 Å². The van der Waals surface area contributed by atoms with Crippen molar-refractivity contribution < 1.29 is 9.47 Å². The topological polar surface area (TPSA) is 77.3 Å². The van der Waals surface area contributed by atoms with Gasteiger partial charge < -0.3 is 20.2 Å². The summed E-state index contributed by atoms with van der Waals surface area (Å²) in [7, 11) is 1.72. The van der Waals surface area contributed by atoms with Crippen molar-refractivity contribution in [3.63, 3.8) is 0 Å². The lowest BCUT2D eigenvalue weighted by Gasteiger charge is -2.37. The standard InChI is InChI=1S/C19H25ClN2O3/c1-24-10-2-6-19(21)7-3-14(4-8-19)25-17-11-13-5-9-22-18(23)15(13)12-16(17)20/h5,9,11-12,14H,2-4,6-8,10,21H2,1H3,(H,22,23). The summed E-state index contributed by atoms with van der Waals surface area (Å²) in [6.07, 6.45) is 7.40. The minimum Gasteiger partial charge on any atom is -0.489 e. The van der Waals surface area contributed by atoms with Gasteiger partial charge in [0, 0.05) is 30.8 Å². The SMILES string of the molecule is COCCCC1(N)CCC(Oc2cc3cc[nH]c(=O)c3cc2Cl)CC1. The Morgan fingerprint density at radius 2 is 2.12 bits per heavy atom. The van der Waals surface area contributed by atoms with Crippen LogP contribution in [0.2, 0.25) is 5.02 Å². The number of nitrogens with two attached hydrogens (primary N) is 1. The molecule has 2 aromatic rings. The molecule has 0 radical (unpaired) electrons. The lowest BCUT2D eigenvalue weighted by Crippen LogP contribution is -2.45. The van der Waals surface area contributed by atoms with E-state index in [0.29, 0.717) is 16.2 Å². The van der Waals surface area contributed by atoms with Gasteiger partial charge in [-0.1, -0.05) is 11.6 Å². The number of rotatable bonds is 6. The van der Waals surface area contributed by atoms with E-state index in [1.807, 2.05) is 12.1 Å². The Labute approximate surface area is 152 Å². The van der Waals surface area contributed by atoms with E-state index in [1.165, 1.54) is 0 Å². The number of ether oxygens (including phenoxy) is 2. The van der Waals surface area contributed by atoms with E-state index in [4.69, 9.17) is 26.8 Å². The Morgan fingerprint density at radius 1 is 1.36 bits per heavy atom. The molecule has 0 saturated heterocycles. The molecule has 136 valence electrons. The number of aromatic amines is 1. The summed E-state index contributed by atoms with van der Waals surface area (Å²) >= 11 is 6.32. The number of aromatic nitrogens is 1. The third-order valence-corrected chi connectivity index (χ3v) is 5.37. The number of methoxy groups -OCH3 is 1. The molecule has 0 spiro atoms. The van der Waals surface area contributed by atoms with Crippen LogP contribution in [-0.4, -0.2) is 30.3 Å². The molecule has 3 rings (SSSR count). The van der Waals surface area contributed by atoms with Gasteiger partial charge in [0.25, 0.3) is 5.56 Å². The Balaban J connectivity index is 1.65. The average Bonchev–Trinajstić information content (AvgIpc) is 2.59. The summed E-state index contributed by atoms with van der Waals surface area (Å²) < 4.78 is 11.2. The predicted molar refractivity (Wildman–Crippen MR) is 100 cm³/mol. The van der Waals surface area contributed by atoms with Gasteiger partial charge >= 0.3 is 0 Å². The van der Waals surface area contributed by atoms with Crippen molar-refractivity contribution in [2.45, 2.75) is 50.2 Å². The quantitative estimate of drug-likeness (QED) is 0.767. The maximum absolute atomic E-state index is 11.8. The zero-order chi connectivity index (χ0) is 17.9. The molecule has 25 heavy (non-hydrogen) atoms. The van der Waals surface area contributed by atoms with E-state index >= 15 is 0 Å². The second-order valence-corrected chi connectivity index (χ2v) is 7.36. The second kappa shape index (κ2) is 7.77. The Morgan fingerprint density at radius 3 is 2.84 bits per heavy atom. The summed E-state index contributed by atoms with van der Waals surface area (Å²) in [5.41, 5.74) is 6.24. The third kappa shape index (κ3) is 4.35. The molecular formula is C19H25ClN2O3. The molecule has 1 fully saturated rings. The van der Waals surface area contributed by atoms with Gasteiger partial charge in [-0.2, -0.15) is 0 Å². The van der Waals surface area contributed by atoms with Crippen molar-refractivity contribution in [1.29, 1.82) is 0 Å². The lowest BCUT2D eigenvalue weighted by molar-refractivity contribution is 0.107. The maximum Gasteiger partial charge on any atom is 0.255 e. The van der Waals surface area contributed by atoms with E-state index in [2.05, 4.69) is 4.98 Å². The van der Waals surface area contributed by atoms with Crippen LogP contribution in [0.25, 0.3) is 10.8 Å². The van der Waals surface area contributed by atoms with E-state index in [1.54, 1.807) is 19.4 Å². The van der Waals surface area contributed by atoms with Crippen molar-refractivity contribution in [3.8, 4) is 5.75 Å². The molecule has 5 nitrogen and oxygen atoms in total. The highest BCUT2D eigenvalue weighted by molar-refractivity contribution is 6.32. The smallest absolute Gasteiger partial charge is 0.255 e. The highest BCUT2D eigenvalue weighted by Crippen LogP contribution is 2.35. The molecule has 0 atom stereocenters. The average molecular weight is 365 g/mol. The molecule has 3 N–H and O–H groups in total. The fraction of sp³-hybridized carbons (Fsp3) is 0.526. The summed E-state index contributed by atoms with van der Waals surface area (Å²) in [5, 5.41) is 1.86. The first-order valence-electron chi connectivity index (χ1n) is 8.76. The normalized spacial score (nSPS) is 23.7. The van der Waals surface area contributed by atoms with E-state index in [9.17, 15) is 4.79 Å². The Hall–Kier alpha value is -1.56. The number of fused-ring (bicyclic) bond motifs is 1. The first kappa shape index (κ1) is 18.2. The zero-order valence-corrected chi connectivity index (χ0v) is 15.3. The van der Waals surface area contributed by atoms with Crippen LogP contribution < -0.4 is 16.0 Å². The van der Waals surface area contributed by atoms with Crippen molar-refractivity contribution in [1.82, 2.24) is 4.98 Å². The minimum atomic E-state index is -0.146. The van der Waals surface area contributed by atoms with Crippen LogP contribution in [0, 0.1) is 0 Å². The van der Waals surface area contributed by atoms with E-state index < -0.39 is 0 Å². The van der Waals surface area contributed by atoms with Crippen LogP contribution in [0.3, 0.4) is 0 Å². The summed E-state index contributed by atoms with van der Waals surface area (Å²) in [4.78, 5) is 14.5. The first-order valence-corrected chi connectivity index (χ1v) is 9.14. The van der Waals surface area contributed by atoms with Crippen LogP contribution in [0.1, 0.15) is 38.5 Å². The minimum absolute atomic E-state index is 0.107. The number of pyridine rings is 1. The Kier molecular flexibility index (Phi) is 5.67. The van der Waals surface area contributed by atoms with Crippen LogP contribution in [0.5, 0.6) is 5.75 Å². The van der Waals surface area contributed by atoms with Gasteiger partial charge in [0.15, 0.2) is 0 Å². The van der Waals surface area contributed by atoms with Gasteiger partial charge in [-0.15, -0.1) is 0 Å². The largest absolute Gasteiger partial charge is 0.489 e. The van der Waals surface area contributed by atoms with Crippen molar-refractivity contribution in [2.75, 3.05) is 13.7 Å². The summed E-state index contributed by atoms with van der Waals surface area (Å²) in [6, 6.07) is 5.36. The fourth-order valence-corrected chi connectivity index (χ4v) is 3.77. The number of halogens is 1. The van der Waals surface area contributed by atoms with Crippen molar-refractivity contribution >= 4 is 22.4 Å². The zero-order valence-electron chi connectivity index (χ0n) is 14.5. The molecule has 0 unspecified atom stereocenters. The first-order chi connectivity index (χ1) is 12.0. The number of nitrogens with one attached hydrogen (secondary N) is 1. The molecule has 1 aliphatic rings. The third-order valence-electron chi connectivity index (χ3n) is 5.07. The van der Waals surface area contributed by atoms with Gasteiger partial charge in [-0.25, -0.2) is 0 Å². The second-order valence-electron chi connectivity index (χ2n) is 6.95. The van der Waals surface area contributed by atoms with Crippen LogP contribution in [0.15, 0.2) is 29.2 Å². The highest BCUT2D eigenvalue weighted by atomic mass is 35.5. The van der Waals surface area contributed by atoms with E-state index in [0.717, 1.165) is 50.5 Å². The monoisotopic (exact) mass is 364 g/mol. The number of hydrogen-bond acceptors (Lipinski definition) is 4. The molecule has 0 bridgehead atoms. The summed E-state index contributed by atoms with van der Waals surface area (Å²) in [6.45, 7) is 0.755. The molecule has 1 saturated carbocycles. The van der Waals surface area contributed by atoms with Crippen LogP contribution >= 0.6 is 11.6 Å². The number of H-pyrrole nitrogens is 1. The molecule has 0 aliphatic heterocycles. The maximum atomic E-state index is 11.8. The van der Waals surface area contributed by atoms with Gasteiger partial charge in [0.05, 0.1) is 11.1 Å². The van der Waals surface area contributed by atoms with Gasteiger partial charge in [-0.05, 0) is 62.1 Å². The van der Waals surface area contributed by atoms with E-state index in [-0.39, 0.29) is 17.2 Å². The molecule has 6 heteroatoms. The van der Waals surface area contributed by atoms with Crippen molar-refractivity contribution in [2.24, 2.45) is 5.73 Å². The molecule has 0 amide bonds. The van der Waals surface area contributed by atoms with Gasteiger partial charge in [0.2, 0.25) is 0 Å². The molecule has 1 aromatic carbocycles. The Bertz CT molecular complexity index is 782. The van der Waals surface area contributed by atoms with Crippen LogP contribution in [0.4, 0.5) is 0 Å². The highest BCUT2D eigenvalue weighted by Gasteiger charge is 2.32. The predicted octanol–water partition coefficient (Wildman–Crippen LogP) is 3.63.